The maximum atomic E-state index is 9.61. The first-order chi connectivity index (χ1) is 6.00. The lowest BCUT2D eigenvalue weighted by Crippen LogP contribution is -2.23. The Hall–Kier alpha value is -1.03. The summed E-state index contributed by atoms with van der Waals surface area (Å²) in [6, 6.07) is 1.80. The number of nitrogen functional groups attached to an aromatic ring is 1. The van der Waals surface area contributed by atoms with E-state index in [1.54, 1.807) is 10.7 Å². The van der Waals surface area contributed by atoms with Crippen LogP contribution in [0.5, 0.6) is 0 Å². The highest BCUT2D eigenvalue weighted by Gasteiger charge is 2.11. The molecule has 3 N–H and O–H groups in total. The van der Waals surface area contributed by atoms with Gasteiger partial charge in [-0.05, 0) is 12.8 Å². The molecule has 4 heteroatoms. The average Bonchev–Trinajstić information content (AvgIpc) is 2.30. The molecule has 74 valence electrons. The fraction of sp³-hybridized carbons (Fsp3) is 0.667. The summed E-state index contributed by atoms with van der Waals surface area (Å²) in [7, 11) is 0. The van der Waals surface area contributed by atoms with Gasteiger partial charge in [0.25, 0.3) is 0 Å². The summed E-state index contributed by atoms with van der Waals surface area (Å²) in [5.41, 5.74) is 6.50. The van der Waals surface area contributed by atoms with Crippen molar-refractivity contribution in [1.82, 2.24) is 9.78 Å². The molecule has 0 bridgehead atoms. The van der Waals surface area contributed by atoms with Crippen LogP contribution in [0, 0.1) is 12.8 Å². The number of nitrogens with two attached hydrogens (primary N) is 1. The van der Waals surface area contributed by atoms with E-state index < -0.39 is 0 Å². The molecule has 1 rings (SSSR count). The Morgan fingerprint density at radius 3 is 2.62 bits per heavy atom. The molecule has 1 heterocycles. The van der Waals surface area contributed by atoms with Gasteiger partial charge in [0.1, 0.15) is 5.82 Å². The lowest BCUT2D eigenvalue weighted by atomic mass is 10.1. The smallest absolute Gasteiger partial charge is 0.145 e. The van der Waals surface area contributed by atoms with Gasteiger partial charge in [-0.1, -0.05) is 13.8 Å². The number of nitrogens with zero attached hydrogens (tertiary/aromatic N) is 2. The van der Waals surface area contributed by atoms with Crippen LogP contribution in [-0.4, -0.2) is 21.0 Å². The largest absolute Gasteiger partial charge is 0.391 e. The number of aliphatic hydroxyl groups is 1. The normalized spacial score (nSPS) is 13.6. The molecule has 0 aliphatic heterocycles. The van der Waals surface area contributed by atoms with Crippen LogP contribution in [0.15, 0.2) is 6.07 Å². The molecule has 1 aromatic heterocycles. The van der Waals surface area contributed by atoms with Crippen molar-refractivity contribution in [3.05, 3.63) is 11.8 Å². The highest BCUT2D eigenvalue weighted by Crippen LogP contribution is 2.08. The number of anilines is 1. The molecule has 0 fully saturated rings. The SMILES string of the molecule is Cc1cc(N)nn1CC(O)C(C)C. The number of aliphatic hydroxyl groups excluding tert-OH is 1. The van der Waals surface area contributed by atoms with E-state index in [1.807, 2.05) is 20.8 Å². The Labute approximate surface area is 78.4 Å². The zero-order valence-corrected chi connectivity index (χ0v) is 8.36. The second kappa shape index (κ2) is 3.79. The van der Waals surface area contributed by atoms with Gasteiger partial charge in [-0.2, -0.15) is 5.10 Å². The van der Waals surface area contributed by atoms with E-state index in [1.165, 1.54) is 0 Å². The van der Waals surface area contributed by atoms with E-state index in [0.29, 0.717) is 12.4 Å². The van der Waals surface area contributed by atoms with Crippen molar-refractivity contribution < 1.29 is 5.11 Å². The molecule has 0 spiro atoms. The van der Waals surface area contributed by atoms with E-state index in [0.717, 1.165) is 5.69 Å². The van der Waals surface area contributed by atoms with Gasteiger partial charge >= 0.3 is 0 Å². The van der Waals surface area contributed by atoms with Crippen LogP contribution < -0.4 is 5.73 Å². The van der Waals surface area contributed by atoms with E-state index in [4.69, 9.17) is 5.73 Å². The molecule has 1 aromatic rings. The summed E-state index contributed by atoms with van der Waals surface area (Å²) >= 11 is 0. The molecule has 1 atom stereocenters. The zero-order chi connectivity index (χ0) is 10.0. The van der Waals surface area contributed by atoms with Crippen molar-refractivity contribution in [2.45, 2.75) is 33.4 Å². The Bertz CT molecular complexity index is 280. The maximum absolute atomic E-state index is 9.61. The fourth-order valence-corrected chi connectivity index (χ4v) is 1.11. The number of hydrogen-bond donors (Lipinski definition) is 2. The van der Waals surface area contributed by atoms with Crippen molar-refractivity contribution in [3.63, 3.8) is 0 Å². The maximum Gasteiger partial charge on any atom is 0.145 e. The second-order valence-electron chi connectivity index (χ2n) is 3.70. The van der Waals surface area contributed by atoms with Crippen LogP contribution in [0.2, 0.25) is 0 Å². The van der Waals surface area contributed by atoms with Crippen molar-refractivity contribution in [2.75, 3.05) is 5.73 Å². The van der Waals surface area contributed by atoms with E-state index >= 15 is 0 Å². The molecule has 0 saturated carbocycles. The minimum absolute atomic E-state index is 0.241. The first-order valence-corrected chi connectivity index (χ1v) is 4.48. The average molecular weight is 183 g/mol. The third kappa shape index (κ3) is 2.45. The highest BCUT2D eigenvalue weighted by atomic mass is 16.3. The molecule has 0 amide bonds. The van der Waals surface area contributed by atoms with Gasteiger partial charge in [0.2, 0.25) is 0 Å². The summed E-state index contributed by atoms with van der Waals surface area (Å²) in [5, 5.41) is 13.7. The van der Waals surface area contributed by atoms with E-state index in [-0.39, 0.29) is 12.0 Å². The minimum atomic E-state index is -0.363. The van der Waals surface area contributed by atoms with Gasteiger partial charge in [0.15, 0.2) is 0 Å². The van der Waals surface area contributed by atoms with Crippen molar-refractivity contribution in [3.8, 4) is 0 Å². The van der Waals surface area contributed by atoms with Gasteiger partial charge in [-0.15, -0.1) is 0 Å². The van der Waals surface area contributed by atoms with Gasteiger partial charge in [0.05, 0.1) is 12.6 Å². The third-order valence-electron chi connectivity index (χ3n) is 2.13. The quantitative estimate of drug-likeness (QED) is 0.728. The molecule has 0 saturated heterocycles. The Kier molecular flexibility index (Phi) is 2.93. The van der Waals surface area contributed by atoms with Crippen molar-refractivity contribution in [2.24, 2.45) is 5.92 Å². The highest BCUT2D eigenvalue weighted by molar-refractivity contribution is 5.28. The first-order valence-electron chi connectivity index (χ1n) is 4.48. The molecule has 1 unspecified atom stereocenters. The summed E-state index contributed by atoms with van der Waals surface area (Å²) in [4.78, 5) is 0. The van der Waals surface area contributed by atoms with Gasteiger partial charge < -0.3 is 10.8 Å². The van der Waals surface area contributed by atoms with E-state index in [2.05, 4.69) is 5.10 Å². The number of hydrogen-bond acceptors (Lipinski definition) is 3. The fourth-order valence-electron chi connectivity index (χ4n) is 1.11. The standard InChI is InChI=1S/C9H17N3O/c1-6(2)8(13)5-12-7(3)4-9(10)11-12/h4,6,8,13H,5H2,1-3H3,(H2,10,11). The van der Waals surface area contributed by atoms with Crippen LogP contribution in [0.25, 0.3) is 0 Å². The minimum Gasteiger partial charge on any atom is -0.391 e. The monoisotopic (exact) mass is 183 g/mol. The Morgan fingerprint density at radius 1 is 1.62 bits per heavy atom. The predicted molar refractivity (Wildman–Crippen MR) is 52.2 cm³/mol. The summed E-state index contributed by atoms with van der Waals surface area (Å²) in [5.74, 6) is 0.748. The molecular formula is C9H17N3O. The predicted octanol–water partition coefficient (Wildman–Crippen LogP) is 0.791. The van der Waals surface area contributed by atoms with Gasteiger partial charge in [0, 0.05) is 11.8 Å². The van der Waals surface area contributed by atoms with Crippen LogP contribution in [0.4, 0.5) is 5.82 Å². The zero-order valence-electron chi connectivity index (χ0n) is 8.36. The lowest BCUT2D eigenvalue weighted by Gasteiger charge is -2.14. The second-order valence-corrected chi connectivity index (χ2v) is 3.70. The van der Waals surface area contributed by atoms with Gasteiger partial charge in [-0.25, -0.2) is 0 Å². The van der Waals surface area contributed by atoms with Gasteiger partial charge in [-0.3, -0.25) is 4.68 Å². The molecule has 0 aromatic carbocycles. The molecule has 0 radical (unpaired) electrons. The first kappa shape index (κ1) is 10.1. The van der Waals surface area contributed by atoms with Crippen LogP contribution in [0.1, 0.15) is 19.5 Å². The topological polar surface area (TPSA) is 64.1 Å². The number of aromatic nitrogens is 2. The third-order valence-corrected chi connectivity index (χ3v) is 2.13. The molecule has 0 aliphatic carbocycles. The summed E-state index contributed by atoms with van der Waals surface area (Å²) in [6.45, 7) is 6.40. The molecule has 4 nitrogen and oxygen atoms in total. The van der Waals surface area contributed by atoms with E-state index in [9.17, 15) is 5.11 Å². The molecule has 0 aliphatic rings. The number of aryl methyl sites for hydroxylation is 1. The Morgan fingerprint density at radius 2 is 2.23 bits per heavy atom. The summed E-state index contributed by atoms with van der Waals surface area (Å²) in [6.07, 6.45) is -0.363. The van der Waals surface area contributed by atoms with Crippen molar-refractivity contribution >= 4 is 5.82 Å². The summed E-state index contributed by atoms with van der Waals surface area (Å²) < 4.78 is 1.74. The van der Waals surface area contributed by atoms with Crippen molar-refractivity contribution in [1.29, 1.82) is 0 Å². The Balaban J connectivity index is 2.68. The lowest BCUT2D eigenvalue weighted by molar-refractivity contribution is 0.102. The van der Waals surface area contributed by atoms with Crippen LogP contribution in [0.3, 0.4) is 0 Å². The van der Waals surface area contributed by atoms with Crippen LogP contribution >= 0.6 is 0 Å². The van der Waals surface area contributed by atoms with Crippen LogP contribution in [-0.2, 0) is 6.54 Å². The number of rotatable bonds is 3. The molecule has 13 heavy (non-hydrogen) atoms. The molecular weight excluding hydrogens is 166 g/mol.